The predicted molar refractivity (Wildman–Crippen MR) is 84.2 cm³/mol. The van der Waals surface area contributed by atoms with Crippen LogP contribution in [0.4, 0.5) is 0 Å². The van der Waals surface area contributed by atoms with E-state index in [9.17, 15) is 0 Å². The Hall–Kier alpha value is -1.06. The van der Waals surface area contributed by atoms with Crippen LogP contribution in [0.1, 0.15) is 38.7 Å². The first-order chi connectivity index (χ1) is 9.81. The molecule has 0 amide bonds. The van der Waals surface area contributed by atoms with Gasteiger partial charge in [-0.3, -0.25) is 4.90 Å². The van der Waals surface area contributed by atoms with Crippen molar-refractivity contribution in [3.8, 4) is 5.75 Å². The van der Waals surface area contributed by atoms with Gasteiger partial charge in [0.2, 0.25) is 0 Å². The van der Waals surface area contributed by atoms with Crippen LogP contribution in [0.15, 0.2) is 24.3 Å². The zero-order valence-corrected chi connectivity index (χ0v) is 12.9. The normalized spacial score (nSPS) is 17.1. The molecule has 1 aromatic carbocycles. The maximum Gasteiger partial charge on any atom is 0.123 e. The fraction of sp³-hybridized carbons (Fsp3) is 0.647. The van der Waals surface area contributed by atoms with Crippen molar-refractivity contribution in [2.75, 3.05) is 26.2 Å². The topological polar surface area (TPSA) is 24.5 Å². The van der Waals surface area contributed by atoms with E-state index in [1.165, 1.54) is 24.8 Å². The van der Waals surface area contributed by atoms with Gasteiger partial charge in [-0.1, -0.05) is 25.1 Å². The van der Waals surface area contributed by atoms with E-state index in [1.54, 1.807) is 0 Å². The molecule has 2 rings (SSSR count). The fourth-order valence-corrected chi connectivity index (χ4v) is 2.73. The van der Waals surface area contributed by atoms with Crippen LogP contribution in [-0.2, 0) is 6.54 Å². The third kappa shape index (κ3) is 4.50. The highest BCUT2D eigenvalue weighted by Gasteiger charge is 2.19. The molecule has 20 heavy (non-hydrogen) atoms. The number of benzene rings is 1. The van der Waals surface area contributed by atoms with Gasteiger partial charge in [0.15, 0.2) is 0 Å². The third-order valence-corrected chi connectivity index (χ3v) is 4.01. The molecule has 1 aliphatic heterocycles. The molecule has 0 aromatic heterocycles. The van der Waals surface area contributed by atoms with Gasteiger partial charge in [0, 0.05) is 24.7 Å². The third-order valence-electron chi connectivity index (χ3n) is 4.01. The van der Waals surface area contributed by atoms with Crippen molar-refractivity contribution >= 4 is 0 Å². The Kier molecular flexibility index (Phi) is 6.34. The number of hydrogen-bond donors (Lipinski definition) is 1. The molecule has 1 aliphatic rings. The standard InChI is InChI=1S/C17H28N2O/c1-3-10-18-11-6-7-15(2)19-12-13-20-17-9-5-4-8-16(17)14-19/h4-5,8-9,15,18H,3,6-7,10-14H2,1-2H3. The predicted octanol–water partition coefficient (Wildman–Crippen LogP) is 3.05. The van der Waals surface area contributed by atoms with Gasteiger partial charge in [0.05, 0.1) is 0 Å². The molecule has 0 saturated carbocycles. The Balaban J connectivity index is 1.80. The van der Waals surface area contributed by atoms with Gasteiger partial charge in [0.25, 0.3) is 0 Å². The van der Waals surface area contributed by atoms with Gasteiger partial charge < -0.3 is 10.1 Å². The van der Waals surface area contributed by atoms with E-state index in [2.05, 4.69) is 48.3 Å². The Morgan fingerprint density at radius 2 is 2.15 bits per heavy atom. The first-order valence-corrected chi connectivity index (χ1v) is 7.96. The van der Waals surface area contributed by atoms with Gasteiger partial charge in [-0.05, 0) is 45.3 Å². The van der Waals surface area contributed by atoms with Crippen molar-refractivity contribution in [2.45, 2.75) is 45.7 Å². The highest BCUT2D eigenvalue weighted by Crippen LogP contribution is 2.24. The first kappa shape index (κ1) is 15.3. The lowest BCUT2D eigenvalue weighted by Gasteiger charge is -2.27. The number of rotatable bonds is 7. The molecule has 1 atom stereocenters. The molecule has 3 heteroatoms. The van der Waals surface area contributed by atoms with E-state index in [1.807, 2.05) is 0 Å². The molecule has 1 N–H and O–H groups in total. The molecular formula is C17H28N2O. The summed E-state index contributed by atoms with van der Waals surface area (Å²) in [5, 5.41) is 3.48. The summed E-state index contributed by atoms with van der Waals surface area (Å²) >= 11 is 0. The number of nitrogens with one attached hydrogen (secondary N) is 1. The van der Waals surface area contributed by atoms with Crippen molar-refractivity contribution in [2.24, 2.45) is 0 Å². The lowest BCUT2D eigenvalue weighted by molar-refractivity contribution is 0.170. The van der Waals surface area contributed by atoms with Gasteiger partial charge >= 0.3 is 0 Å². The lowest BCUT2D eigenvalue weighted by Crippen LogP contribution is -2.35. The average Bonchev–Trinajstić information content (AvgIpc) is 2.69. The Bertz CT molecular complexity index is 394. The van der Waals surface area contributed by atoms with Gasteiger partial charge in [0.1, 0.15) is 12.4 Å². The minimum absolute atomic E-state index is 0.619. The summed E-state index contributed by atoms with van der Waals surface area (Å²) in [7, 11) is 0. The number of hydrogen-bond acceptors (Lipinski definition) is 3. The smallest absolute Gasteiger partial charge is 0.123 e. The van der Waals surface area contributed by atoms with Crippen LogP contribution >= 0.6 is 0 Å². The Morgan fingerprint density at radius 3 is 3.00 bits per heavy atom. The van der Waals surface area contributed by atoms with Gasteiger partial charge in [-0.2, -0.15) is 0 Å². The molecule has 0 radical (unpaired) electrons. The molecule has 1 unspecified atom stereocenters. The molecule has 112 valence electrons. The van der Waals surface area contributed by atoms with Gasteiger partial charge in [-0.15, -0.1) is 0 Å². The van der Waals surface area contributed by atoms with Crippen LogP contribution in [-0.4, -0.2) is 37.2 Å². The second kappa shape index (κ2) is 8.28. The summed E-state index contributed by atoms with van der Waals surface area (Å²) in [6.45, 7) is 9.67. The van der Waals surface area contributed by atoms with E-state index in [0.29, 0.717) is 6.04 Å². The number of ether oxygens (including phenoxy) is 1. The monoisotopic (exact) mass is 276 g/mol. The lowest BCUT2D eigenvalue weighted by atomic mass is 10.1. The molecule has 1 heterocycles. The first-order valence-electron chi connectivity index (χ1n) is 7.96. The van der Waals surface area contributed by atoms with E-state index in [-0.39, 0.29) is 0 Å². The van der Waals surface area contributed by atoms with Crippen molar-refractivity contribution < 1.29 is 4.74 Å². The number of nitrogens with zero attached hydrogens (tertiary/aromatic N) is 1. The van der Waals surface area contributed by atoms with E-state index < -0.39 is 0 Å². The molecule has 0 aliphatic carbocycles. The van der Waals surface area contributed by atoms with Crippen LogP contribution < -0.4 is 10.1 Å². The second-order valence-electron chi connectivity index (χ2n) is 5.67. The van der Waals surface area contributed by atoms with Crippen LogP contribution in [0, 0.1) is 0 Å². The minimum atomic E-state index is 0.619. The minimum Gasteiger partial charge on any atom is -0.492 e. The Morgan fingerprint density at radius 1 is 1.30 bits per heavy atom. The number of para-hydroxylation sites is 1. The maximum atomic E-state index is 5.83. The van der Waals surface area contributed by atoms with E-state index >= 15 is 0 Å². The Labute approximate surface area is 123 Å². The molecule has 0 saturated heterocycles. The average molecular weight is 276 g/mol. The highest BCUT2D eigenvalue weighted by atomic mass is 16.5. The molecule has 0 spiro atoms. The van der Waals surface area contributed by atoms with E-state index in [0.717, 1.165) is 38.5 Å². The summed E-state index contributed by atoms with van der Waals surface area (Å²) in [5.74, 6) is 1.06. The quantitative estimate of drug-likeness (QED) is 0.775. The zero-order valence-electron chi connectivity index (χ0n) is 12.9. The second-order valence-corrected chi connectivity index (χ2v) is 5.67. The van der Waals surface area contributed by atoms with Crippen LogP contribution in [0.5, 0.6) is 5.75 Å². The SMILES string of the molecule is CCCNCCCC(C)N1CCOc2ccccc2C1. The molecule has 0 fully saturated rings. The summed E-state index contributed by atoms with van der Waals surface area (Å²) in [6, 6.07) is 9.04. The summed E-state index contributed by atoms with van der Waals surface area (Å²) in [4.78, 5) is 2.55. The van der Waals surface area contributed by atoms with Gasteiger partial charge in [-0.25, -0.2) is 0 Å². The van der Waals surface area contributed by atoms with Crippen LogP contribution in [0.3, 0.4) is 0 Å². The van der Waals surface area contributed by atoms with Crippen molar-refractivity contribution in [3.05, 3.63) is 29.8 Å². The zero-order chi connectivity index (χ0) is 14.2. The van der Waals surface area contributed by atoms with Crippen LogP contribution in [0.25, 0.3) is 0 Å². The summed E-state index contributed by atoms with van der Waals surface area (Å²) in [6.07, 6.45) is 3.72. The molecule has 0 bridgehead atoms. The molecule has 1 aromatic rings. The maximum absolute atomic E-state index is 5.83. The number of fused-ring (bicyclic) bond motifs is 1. The van der Waals surface area contributed by atoms with Crippen molar-refractivity contribution in [3.63, 3.8) is 0 Å². The van der Waals surface area contributed by atoms with Crippen LogP contribution in [0.2, 0.25) is 0 Å². The molecular weight excluding hydrogens is 248 g/mol. The van der Waals surface area contributed by atoms with Crippen molar-refractivity contribution in [1.82, 2.24) is 10.2 Å². The summed E-state index contributed by atoms with van der Waals surface area (Å²) in [5.41, 5.74) is 1.32. The highest BCUT2D eigenvalue weighted by molar-refractivity contribution is 5.33. The fourth-order valence-electron chi connectivity index (χ4n) is 2.73. The summed E-state index contributed by atoms with van der Waals surface area (Å²) < 4.78 is 5.83. The largest absolute Gasteiger partial charge is 0.492 e. The van der Waals surface area contributed by atoms with E-state index in [4.69, 9.17) is 4.74 Å². The van der Waals surface area contributed by atoms with Crippen molar-refractivity contribution in [1.29, 1.82) is 0 Å². The molecule has 3 nitrogen and oxygen atoms in total.